The van der Waals surface area contributed by atoms with Crippen molar-refractivity contribution in [3.05, 3.63) is 53.6 Å². The lowest BCUT2D eigenvalue weighted by molar-refractivity contribution is -0.123. The van der Waals surface area contributed by atoms with Gasteiger partial charge in [-0.1, -0.05) is 6.07 Å². The van der Waals surface area contributed by atoms with Crippen LogP contribution in [0.1, 0.15) is 29.8 Å². The maximum absolute atomic E-state index is 12.3. The molecule has 0 saturated carbocycles. The van der Waals surface area contributed by atoms with Crippen molar-refractivity contribution in [1.82, 2.24) is 5.32 Å². The van der Waals surface area contributed by atoms with Crippen LogP contribution in [0.2, 0.25) is 0 Å². The molecule has 7 heteroatoms. The van der Waals surface area contributed by atoms with Gasteiger partial charge >= 0.3 is 0 Å². The average molecular weight is 398 g/mol. The third kappa shape index (κ3) is 6.07. The highest BCUT2D eigenvalue weighted by Gasteiger charge is 2.16. The Morgan fingerprint density at radius 1 is 0.931 bits per heavy atom. The van der Waals surface area contributed by atoms with Crippen LogP contribution < -0.4 is 19.7 Å². The van der Waals surface area contributed by atoms with Crippen LogP contribution in [-0.2, 0) is 16.0 Å². The molecule has 0 aromatic heterocycles. The Morgan fingerprint density at radius 3 is 2.14 bits per heavy atom. The van der Waals surface area contributed by atoms with Crippen LogP contribution in [0.4, 0.5) is 5.69 Å². The Hall–Kier alpha value is -3.35. The van der Waals surface area contributed by atoms with Gasteiger partial charge in [0, 0.05) is 24.7 Å². The number of nitrogens with zero attached hydrogens (tertiary/aromatic N) is 1. The maximum Gasteiger partial charge on any atom is 0.240 e. The number of methoxy groups -OCH3 is 2. The molecule has 0 fully saturated rings. The molecule has 7 nitrogen and oxygen atoms in total. The van der Waals surface area contributed by atoms with E-state index in [1.807, 2.05) is 18.2 Å². The molecular formula is C22H26N2O5. The van der Waals surface area contributed by atoms with E-state index in [-0.39, 0.29) is 24.1 Å². The van der Waals surface area contributed by atoms with Crippen LogP contribution in [-0.4, -0.2) is 44.9 Å². The van der Waals surface area contributed by atoms with E-state index in [0.29, 0.717) is 35.7 Å². The smallest absolute Gasteiger partial charge is 0.240 e. The second-order valence-electron chi connectivity index (χ2n) is 6.50. The SMILES string of the molecule is COc1ccc(CCNC(=O)CN(C(C)=O)c2ccc(C(C)=O)cc2)cc1OC. The molecule has 0 heterocycles. The number of rotatable bonds is 9. The van der Waals surface area contributed by atoms with Crippen LogP contribution in [0.15, 0.2) is 42.5 Å². The molecular weight excluding hydrogens is 372 g/mol. The number of ether oxygens (including phenoxy) is 2. The monoisotopic (exact) mass is 398 g/mol. The average Bonchev–Trinajstić information content (AvgIpc) is 2.71. The molecule has 0 unspecified atom stereocenters. The Morgan fingerprint density at radius 2 is 1.59 bits per heavy atom. The van der Waals surface area contributed by atoms with E-state index in [4.69, 9.17) is 9.47 Å². The first-order chi connectivity index (χ1) is 13.8. The molecule has 0 aliphatic carbocycles. The fraction of sp³-hybridized carbons (Fsp3) is 0.318. The normalized spacial score (nSPS) is 10.2. The van der Waals surface area contributed by atoms with Crippen LogP contribution in [0, 0.1) is 0 Å². The number of ketones is 1. The highest BCUT2D eigenvalue weighted by molar-refractivity contribution is 5.98. The molecule has 0 saturated heterocycles. The Labute approximate surface area is 170 Å². The molecule has 0 aliphatic heterocycles. The van der Waals surface area contributed by atoms with E-state index < -0.39 is 0 Å². The minimum absolute atomic E-state index is 0.0566. The van der Waals surface area contributed by atoms with Gasteiger partial charge in [-0.3, -0.25) is 14.4 Å². The fourth-order valence-corrected chi connectivity index (χ4v) is 2.84. The van der Waals surface area contributed by atoms with Gasteiger partial charge in [-0.2, -0.15) is 0 Å². The predicted molar refractivity (Wildman–Crippen MR) is 111 cm³/mol. The van der Waals surface area contributed by atoms with Gasteiger partial charge in [0.15, 0.2) is 17.3 Å². The van der Waals surface area contributed by atoms with Crippen molar-refractivity contribution in [2.45, 2.75) is 20.3 Å². The summed E-state index contributed by atoms with van der Waals surface area (Å²) in [6, 6.07) is 12.2. The highest BCUT2D eigenvalue weighted by atomic mass is 16.5. The van der Waals surface area contributed by atoms with Crippen molar-refractivity contribution in [2.24, 2.45) is 0 Å². The van der Waals surface area contributed by atoms with Crippen LogP contribution in [0.5, 0.6) is 11.5 Å². The summed E-state index contributed by atoms with van der Waals surface area (Å²) in [5, 5.41) is 2.82. The van der Waals surface area contributed by atoms with Gasteiger partial charge in [-0.15, -0.1) is 0 Å². The van der Waals surface area contributed by atoms with Gasteiger partial charge < -0.3 is 19.7 Å². The summed E-state index contributed by atoms with van der Waals surface area (Å²) >= 11 is 0. The number of benzene rings is 2. The van der Waals surface area contributed by atoms with E-state index in [2.05, 4.69) is 5.32 Å². The summed E-state index contributed by atoms with van der Waals surface area (Å²) in [4.78, 5) is 37.1. The molecule has 0 atom stereocenters. The molecule has 0 aliphatic rings. The molecule has 2 aromatic carbocycles. The van der Waals surface area contributed by atoms with E-state index in [1.54, 1.807) is 38.5 Å². The first kappa shape index (κ1) is 21.9. The van der Waals surface area contributed by atoms with Gasteiger partial charge in [0.05, 0.1) is 14.2 Å². The van der Waals surface area contributed by atoms with E-state index in [0.717, 1.165) is 5.56 Å². The minimum Gasteiger partial charge on any atom is -0.493 e. The third-order valence-electron chi connectivity index (χ3n) is 4.45. The lowest BCUT2D eigenvalue weighted by atomic mass is 10.1. The number of Topliss-reactive ketones (excluding diaryl/α,β-unsaturated/α-hetero) is 1. The molecule has 2 rings (SSSR count). The molecule has 2 amide bonds. The van der Waals surface area contributed by atoms with Crippen molar-refractivity contribution in [1.29, 1.82) is 0 Å². The summed E-state index contributed by atoms with van der Waals surface area (Å²) in [6.07, 6.45) is 0.611. The Kier molecular flexibility index (Phi) is 7.77. The van der Waals surface area contributed by atoms with Gasteiger partial charge in [-0.05, 0) is 55.3 Å². The van der Waals surface area contributed by atoms with Crippen molar-refractivity contribution in [2.75, 3.05) is 32.2 Å². The number of amides is 2. The zero-order valence-electron chi connectivity index (χ0n) is 17.2. The first-order valence-electron chi connectivity index (χ1n) is 9.22. The van der Waals surface area contributed by atoms with Crippen molar-refractivity contribution < 1.29 is 23.9 Å². The highest BCUT2D eigenvalue weighted by Crippen LogP contribution is 2.27. The zero-order chi connectivity index (χ0) is 21.4. The lowest BCUT2D eigenvalue weighted by Gasteiger charge is -2.21. The number of carbonyl (C=O) groups is 3. The number of carbonyl (C=O) groups excluding carboxylic acids is 3. The summed E-state index contributed by atoms with van der Waals surface area (Å²) < 4.78 is 10.5. The predicted octanol–water partition coefficient (Wildman–Crippen LogP) is 2.62. The molecule has 29 heavy (non-hydrogen) atoms. The largest absolute Gasteiger partial charge is 0.493 e. The van der Waals surface area contributed by atoms with Crippen molar-refractivity contribution in [3.63, 3.8) is 0 Å². The number of anilines is 1. The van der Waals surface area contributed by atoms with Gasteiger partial charge in [0.25, 0.3) is 0 Å². The van der Waals surface area contributed by atoms with Gasteiger partial charge in [-0.25, -0.2) is 0 Å². The standard InChI is InChI=1S/C22H26N2O5/c1-15(25)18-6-8-19(9-7-18)24(16(2)26)14-22(27)23-12-11-17-5-10-20(28-3)21(13-17)29-4/h5-10,13H,11-12,14H2,1-4H3,(H,23,27). The van der Waals surface area contributed by atoms with Crippen LogP contribution in [0.25, 0.3) is 0 Å². The van der Waals surface area contributed by atoms with E-state index in [9.17, 15) is 14.4 Å². The quantitative estimate of drug-likeness (QED) is 0.657. The van der Waals surface area contributed by atoms with Crippen molar-refractivity contribution in [3.8, 4) is 11.5 Å². The van der Waals surface area contributed by atoms with E-state index >= 15 is 0 Å². The van der Waals surface area contributed by atoms with E-state index in [1.165, 1.54) is 18.7 Å². The second kappa shape index (κ2) is 10.3. The number of nitrogens with one attached hydrogen (secondary N) is 1. The summed E-state index contributed by atoms with van der Waals surface area (Å²) in [6.45, 7) is 3.20. The van der Waals surface area contributed by atoms with Gasteiger partial charge in [0.1, 0.15) is 6.54 Å². The Bertz CT molecular complexity index is 877. The third-order valence-corrected chi connectivity index (χ3v) is 4.45. The maximum atomic E-state index is 12.3. The van der Waals surface area contributed by atoms with Gasteiger partial charge in [0.2, 0.25) is 11.8 Å². The first-order valence-corrected chi connectivity index (χ1v) is 9.22. The molecule has 0 spiro atoms. The zero-order valence-corrected chi connectivity index (χ0v) is 17.2. The van der Waals surface area contributed by atoms with Crippen LogP contribution >= 0.6 is 0 Å². The lowest BCUT2D eigenvalue weighted by Crippen LogP contribution is -2.40. The Balaban J connectivity index is 1.94. The second-order valence-corrected chi connectivity index (χ2v) is 6.50. The number of hydrogen-bond donors (Lipinski definition) is 1. The van der Waals surface area contributed by atoms with Crippen LogP contribution in [0.3, 0.4) is 0 Å². The summed E-state index contributed by atoms with van der Waals surface area (Å²) in [5.41, 5.74) is 2.11. The summed E-state index contributed by atoms with van der Waals surface area (Å²) in [5.74, 6) is 0.701. The summed E-state index contributed by atoms with van der Waals surface area (Å²) in [7, 11) is 3.15. The number of hydrogen-bond acceptors (Lipinski definition) is 5. The molecule has 154 valence electrons. The fourth-order valence-electron chi connectivity index (χ4n) is 2.84. The minimum atomic E-state index is -0.267. The molecule has 0 bridgehead atoms. The van der Waals surface area contributed by atoms with Crippen molar-refractivity contribution >= 4 is 23.3 Å². The molecule has 2 aromatic rings. The topological polar surface area (TPSA) is 84.9 Å². The molecule has 0 radical (unpaired) electrons. The molecule has 1 N–H and O–H groups in total.